The number of halogens is 3. The first-order valence-electron chi connectivity index (χ1n) is 11.0. The second-order valence-corrected chi connectivity index (χ2v) is 8.82. The van der Waals surface area contributed by atoms with Gasteiger partial charge in [0.2, 0.25) is 5.91 Å². The maximum atomic E-state index is 14.1. The molecule has 10 heteroatoms. The average Bonchev–Trinajstić information content (AvgIpc) is 3.15. The largest absolute Gasteiger partial charge is 0.442 e. The van der Waals surface area contributed by atoms with Crippen LogP contribution in [0.3, 0.4) is 0 Å². The summed E-state index contributed by atoms with van der Waals surface area (Å²) >= 11 is 6.00. The van der Waals surface area contributed by atoms with E-state index in [1.165, 1.54) is 17.0 Å². The minimum absolute atomic E-state index is 0.0931. The van der Waals surface area contributed by atoms with E-state index in [-0.39, 0.29) is 24.6 Å². The molecule has 7 nitrogen and oxygen atoms in total. The zero-order valence-electron chi connectivity index (χ0n) is 18.5. The Morgan fingerprint density at radius 2 is 1.74 bits per heavy atom. The topological polar surface area (TPSA) is 66.0 Å². The Morgan fingerprint density at radius 1 is 1.00 bits per heavy atom. The van der Waals surface area contributed by atoms with Gasteiger partial charge in [0.25, 0.3) is 0 Å². The zero-order valence-corrected chi connectivity index (χ0v) is 19.2. The molecule has 3 heterocycles. The van der Waals surface area contributed by atoms with Crippen molar-refractivity contribution in [2.45, 2.75) is 12.1 Å². The van der Waals surface area contributed by atoms with Crippen LogP contribution >= 0.6 is 11.6 Å². The van der Waals surface area contributed by atoms with Crippen molar-refractivity contribution in [2.75, 3.05) is 36.0 Å². The number of benzene rings is 2. The fourth-order valence-corrected chi connectivity index (χ4v) is 4.66. The highest BCUT2D eigenvalue weighted by Gasteiger charge is 2.45. The molecule has 0 saturated carbocycles. The van der Waals surface area contributed by atoms with Crippen molar-refractivity contribution in [2.24, 2.45) is 0 Å². The van der Waals surface area contributed by atoms with E-state index in [9.17, 15) is 18.4 Å². The van der Waals surface area contributed by atoms with Gasteiger partial charge in [-0.25, -0.2) is 18.6 Å². The zero-order chi connectivity index (χ0) is 24.5. The average molecular weight is 499 g/mol. The van der Waals surface area contributed by atoms with E-state index in [4.69, 9.17) is 16.3 Å². The van der Waals surface area contributed by atoms with Crippen molar-refractivity contribution in [1.29, 1.82) is 0 Å². The summed E-state index contributed by atoms with van der Waals surface area (Å²) in [7, 11) is 0. The molecule has 2 saturated heterocycles. The fraction of sp³-hybridized carbons (Fsp3) is 0.240. The summed E-state index contributed by atoms with van der Waals surface area (Å²) in [5.74, 6) is -1.07. The van der Waals surface area contributed by atoms with Gasteiger partial charge in [-0.05, 0) is 54.1 Å². The lowest BCUT2D eigenvalue weighted by molar-refractivity contribution is -0.121. The van der Waals surface area contributed by atoms with E-state index < -0.39 is 29.9 Å². The Labute approximate surface area is 205 Å². The third-order valence-corrected chi connectivity index (χ3v) is 6.33. The Bertz CT molecular complexity index is 1220. The molecular weight excluding hydrogens is 478 g/mol. The highest BCUT2D eigenvalue weighted by molar-refractivity contribution is 6.30. The van der Waals surface area contributed by atoms with Gasteiger partial charge in [0, 0.05) is 42.6 Å². The quantitative estimate of drug-likeness (QED) is 0.521. The lowest BCUT2D eigenvalue weighted by Crippen LogP contribution is -2.53. The SMILES string of the molecule is O=C1CN(C[C@@H]2OC(=O)N(c3ccc(Cl)cc3)[C@H]2c2cc(F)cc(F)c2)CCN1c1ccccn1. The number of ether oxygens (including phenoxy) is 1. The normalized spacial score (nSPS) is 20.9. The number of anilines is 2. The first kappa shape index (κ1) is 23.2. The second kappa shape index (κ2) is 9.59. The van der Waals surface area contributed by atoms with Crippen LogP contribution in [0, 0.1) is 11.6 Å². The molecule has 35 heavy (non-hydrogen) atoms. The molecule has 2 atom stereocenters. The molecule has 2 fully saturated rings. The molecule has 0 radical (unpaired) electrons. The van der Waals surface area contributed by atoms with Crippen LogP contribution in [-0.2, 0) is 9.53 Å². The number of carbonyl (C=O) groups is 2. The molecule has 0 N–H and O–H groups in total. The summed E-state index contributed by atoms with van der Waals surface area (Å²) in [4.78, 5) is 34.8. The van der Waals surface area contributed by atoms with Crippen LogP contribution in [-0.4, -0.2) is 54.2 Å². The smallest absolute Gasteiger partial charge is 0.415 e. The van der Waals surface area contributed by atoms with Gasteiger partial charge in [-0.1, -0.05) is 17.7 Å². The van der Waals surface area contributed by atoms with Gasteiger partial charge in [-0.15, -0.1) is 0 Å². The monoisotopic (exact) mass is 498 g/mol. The van der Waals surface area contributed by atoms with E-state index in [2.05, 4.69) is 4.98 Å². The van der Waals surface area contributed by atoms with Crippen molar-refractivity contribution < 1.29 is 23.1 Å². The van der Waals surface area contributed by atoms with E-state index >= 15 is 0 Å². The Balaban J connectivity index is 1.41. The first-order chi connectivity index (χ1) is 16.9. The molecular formula is C25H21ClF2N4O3. The van der Waals surface area contributed by atoms with Gasteiger partial charge < -0.3 is 4.74 Å². The summed E-state index contributed by atoms with van der Waals surface area (Å²) in [6.07, 6.45) is 0.208. The number of cyclic esters (lactones) is 1. The molecule has 2 amide bonds. The first-order valence-corrected chi connectivity index (χ1v) is 11.4. The molecule has 2 aliphatic rings. The predicted octanol–water partition coefficient (Wildman–Crippen LogP) is 4.43. The van der Waals surface area contributed by atoms with Crippen LogP contribution in [0.1, 0.15) is 11.6 Å². The maximum Gasteiger partial charge on any atom is 0.415 e. The number of pyridine rings is 1. The van der Waals surface area contributed by atoms with Gasteiger partial charge in [-0.3, -0.25) is 19.5 Å². The summed E-state index contributed by atoms with van der Waals surface area (Å²) < 4.78 is 34.0. The van der Waals surface area contributed by atoms with E-state index in [0.29, 0.717) is 29.6 Å². The van der Waals surface area contributed by atoms with Crippen LogP contribution in [0.5, 0.6) is 0 Å². The molecule has 2 aromatic carbocycles. The molecule has 2 aliphatic heterocycles. The van der Waals surface area contributed by atoms with Gasteiger partial charge in [0.1, 0.15) is 29.6 Å². The Kier molecular flexibility index (Phi) is 6.36. The van der Waals surface area contributed by atoms with E-state index in [1.54, 1.807) is 47.5 Å². The third-order valence-electron chi connectivity index (χ3n) is 6.07. The van der Waals surface area contributed by atoms with Crippen molar-refractivity contribution in [3.63, 3.8) is 0 Å². The van der Waals surface area contributed by atoms with Crippen LogP contribution in [0.2, 0.25) is 5.02 Å². The lowest BCUT2D eigenvalue weighted by Gasteiger charge is -2.35. The number of hydrogen-bond donors (Lipinski definition) is 0. The Morgan fingerprint density at radius 3 is 2.40 bits per heavy atom. The van der Waals surface area contributed by atoms with Gasteiger partial charge in [0.15, 0.2) is 0 Å². The summed E-state index contributed by atoms with van der Waals surface area (Å²) in [5.41, 5.74) is 0.736. The molecule has 0 spiro atoms. The van der Waals surface area contributed by atoms with E-state index in [1.807, 2.05) is 11.0 Å². The van der Waals surface area contributed by atoms with Gasteiger partial charge in [0.05, 0.1) is 6.54 Å². The number of aromatic nitrogens is 1. The molecule has 3 aromatic rings. The Hall–Kier alpha value is -3.56. The minimum atomic E-state index is -0.808. The van der Waals surface area contributed by atoms with Crippen molar-refractivity contribution in [1.82, 2.24) is 9.88 Å². The van der Waals surface area contributed by atoms with Gasteiger partial charge >= 0.3 is 6.09 Å². The third kappa shape index (κ3) is 4.82. The minimum Gasteiger partial charge on any atom is -0.442 e. The predicted molar refractivity (Wildman–Crippen MR) is 126 cm³/mol. The number of rotatable bonds is 5. The van der Waals surface area contributed by atoms with Crippen molar-refractivity contribution >= 4 is 35.1 Å². The maximum absolute atomic E-state index is 14.1. The molecule has 5 rings (SSSR count). The number of hydrogen-bond acceptors (Lipinski definition) is 5. The standard InChI is InChI=1S/C25H21ClF2N4O3/c26-17-4-6-20(7-5-17)32-24(16-11-18(27)13-19(28)12-16)21(35-25(32)34)14-30-9-10-31(23(33)15-30)22-3-1-2-8-29-22/h1-8,11-13,21,24H,9-10,14-15H2/t21-,24-/m0/s1. The fourth-order valence-electron chi connectivity index (χ4n) is 4.53. The molecule has 0 bridgehead atoms. The second-order valence-electron chi connectivity index (χ2n) is 8.38. The summed E-state index contributed by atoms with van der Waals surface area (Å²) in [6.45, 7) is 1.23. The van der Waals surface area contributed by atoms with Crippen LogP contribution in [0.4, 0.5) is 25.1 Å². The number of piperazine rings is 1. The van der Waals surface area contributed by atoms with Crippen molar-refractivity contribution in [3.05, 3.63) is 89.1 Å². The van der Waals surface area contributed by atoms with Crippen LogP contribution in [0.15, 0.2) is 66.9 Å². The molecule has 0 aliphatic carbocycles. The lowest BCUT2D eigenvalue weighted by atomic mass is 9.99. The van der Waals surface area contributed by atoms with Gasteiger partial charge in [-0.2, -0.15) is 0 Å². The van der Waals surface area contributed by atoms with Crippen LogP contribution < -0.4 is 9.80 Å². The molecule has 1 aromatic heterocycles. The summed E-state index contributed by atoms with van der Waals surface area (Å²) in [6, 6.07) is 14.2. The van der Waals surface area contributed by atoms with Crippen molar-refractivity contribution in [3.8, 4) is 0 Å². The molecule has 180 valence electrons. The summed E-state index contributed by atoms with van der Waals surface area (Å²) in [5, 5.41) is 0.482. The number of nitrogens with zero attached hydrogens (tertiary/aromatic N) is 4. The highest BCUT2D eigenvalue weighted by Crippen LogP contribution is 2.39. The number of amides is 2. The molecule has 0 unspecified atom stereocenters. The van der Waals surface area contributed by atoms with E-state index in [0.717, 1.165) is 6.07 Å². The number of carbonyl (C=O) groups excluding carboxylic acids is 2. The van der Waals surface area contributed by atoms with Crippen LogP contribution in [0.25, 0.3) is 0 Å². The highest BCUT2D eigenvalue weighted by atomic mass is 35.5.